The van der Waals surface area contributed by atoms with Crippen LogP contribution < -0.4 is 0 Å². The average molecular weight is 164 g/mol. The minimum absolute atomic E-state index is 0. The number of hydrogen-bond donors (Lipinski definition) is 0. The highest BCUT2D eigenvalue weighted by Crippen LogP contribution is 2.00. The molecule has 0 radical (unpaired) electrons. The lowest BCUT2D eigenvalue weighted by Gasteiger charge is -2.16. The van der Waals surface area contributed by atoms with E-state index in [0.29, 0.717) is 0 Å². The van der Waals surface area contributed by atoms with Crippen molar-refractivity contribution in [2.75, 3.05) is 0 Å². The summed E-state index contributed by atoms with van der Waals surface area (Å²) in [5.41, 5.74) is 0. The van der Waals surface area contributed by atoms with Gasteiger partial charge in [0.15, 0.2) is 8.32 Å². The molecule has 0 N–H and O–H groups in total. The average Bonchev–Trinajstić information content (AvgIpc) is 1.59. The smallest absolute Gasteiger partial charge is 0.169 e. The predicted octanol–water partition coefficient (Wildman–Crippen LogP) is 2.00. The first kappa shape index (κ1) is 12.1. The maximum Gasteiger partial charge on any atom is 0.169 e. The van der Waals surface area contributed by atoms with E-state index in [2.05, 4.69) is 26.6 Å². The molecule has 0 unspecified atom stereocenters. The summed E-state index contributed by atoms with van der Waals surface area (Å²) >= 11 is 0. The van der Waals surface area contributed by atoms with Gasteiger partial charge in [0.05, 0.1) is 0 Å². The molecule has 0 spiro atoms. The molecule has 0 saturated heterocycles. The minimum Gasteiger partial charge on any atom is -0.461 e. The van der Waals surface area contributed by atoms with Crippen molar-refractivity contribution in [2.24, 2.45) is 0 Å². The highest BCUT2D eigenvalue weighted by Gasteiger charge is 2.11. The van der Waals surface area contributed by atoms with E-state index in [0.717, 1.165) is 0 Å². The Bertz CT molecular complexity index is 58.6. The zero-order valence-corrected chi connectivity index (χ0v) is 8.74. The first-order valence-corrected chi connectivity index (χ1v) is 8.19. The maximum absolute atomic E-state index is 5.66. The third-order valence-corrected chi connectivity index (χ3v) is 5.43. The number of rotatable bonds is 3. The molecular weight excluding hydrogens is 144 g/mol. The van der Waals surface area contributed by atoms with E-state index < -0.39 is 8.32 Å². The largest absolute Gasteiger partial charge is 0.461 e. The van der Waals surface area contributed by atoms with E-state index in [9.17, 15) is 0 Å². The van der Waals surface area contributed by atoms with Crippen LogP contribution in [0.2, 0.25) is 25.7 Å². The van der Waals surface area contributed by atoms with Crippen molar-refractivity contribution in [1.29, 1.82) is 0 Å². The quantitative estimate of drug-likeness (QED) is 0.580. The molecule has 1 nitrogen and oxygen atoms in total. The van der Waals surface area contributed by atoms with E-state index in [1.54, 1.807) is 0 Å². The molecule has 0 fully saturated rings. The fraction of sp³-hybridized carbons (Fsp3) is 1.00. The maximum atomic E-state index is 5.66. The lowest BCUT2D eigenvalue weighted by molar-refractivity contribution is 0.596. The molecule has 0 rings (SSSR count). The van der Waals surface area contributed by atoms with Gasteiger partial charge in [-0.2, -0.15) is 0 Å². The lowest BCUT2D eigenvalue weighted by atomic mass is 11.0. The van der Waals surface area contributed by atoms with Crippen LogP contribution in [-0.4, -0.2) is 18.1 Å². The highest BCUT2D eigenvalue weighted by atomic mass is 28.4. The van der Waals surface area contributed by atoms with Gasteiger partial charge in [0.1, 0.15) is 9.76 Å². The highest BCUT2D eigenvalue weighted by molar-refractivity contribution is 6.73. The molecule has 0 aliphatic heterocycles. The zero-order valence-electron chi connectivity index (χ0n) is 6.32. The molecule has 0 atom stereocenters. The minimum atomic E-state index is -1.12. The second-order valence-electron chi connectivity index (χ2n) is 2.96. The van der Waals surface area contributed by atoms with Crippen molar-refractivity contribution in [3.05, 3.63) is 0 Å². The Balaban J connectivity index is 0. The first-order chi connectivity index (χ1) is 3.56. The van der Waals surface area contributed by atoms with Crippen molar-refractivity contribution in [1.82, 2.24) is 0 Å². The Morgan fingerprint density at radius 3 is 1.89 bits per heavy atom. The van der Waals surface area contributed by atoms with Crippen molar-refractivity contribution in [2.45, 2.75) is 40.0 Å². The molecule has 3 heteroatoms. The Kier molecular flexibility index (Phi) is 7.00. The third kappa shape index (κ3) is 11.8. The van der Waals surface area contributed by atoms with Crippen LogP contribution in [0.5, 0.6) is 0 Å². The van der Waals surface area contributed by atoms with Gasteiger partial charge in [-0.1, -0.05) is 14.4 Å². The molecule has 0 aliphatic carbocycles. The first-order valence-electron chi connectivity index (χ1n) is 3.20. The predicted molar refractivity (Wildman–Crippen MR) is 50.2 cm³/mol. The van der Waals surface area contributed by atoms with Crippen LogP contribution >= 0.6 is 0 Å². The third-order valence-electron chi connectivity index (χ3n) is 0.739. The lowest BCUT2D eigenvalue weighted by Crippen LogP contribution is -2.26. The van der Waals surface area contributed by atoms with Gasteiger partial charge in [-0.05, 0) is 25.7 Å². The summed E-state index contributed by atoms with van der Waals surface area (Å²) in [7, 11) is -1.24. The SMILES string of the molecule is C.CC[SiH2]O[Si](C)(C)C. The second kappa shape index (κ2) is 5.20. The van der Waals surface area contributed by atoms with Crippen LogP contribution in [0.1, 0.15) is 14.4 Å². The fourth-order valence-corrected chi connectivity index (χ4v) is 3.67. The zero-order chi connectivity index (χ0) is 6.62. The molecule has 0 aromatic heterocycles. The molecule has 0 bridgehead atoms. The molecule has 0 saturated carbocycles. The standard InChI is InChI=1S/C5H16OSi2.CH4/c1-5-7-6-8(2,3)4;/h5,7H2,1-4H3;1H4. The summed E-state index contributed by atoms with van der Waals surface area (Å²) in [5, 5.41) is 0. The van der Waals surface area contributed by atoms with Crippen LogP contribution in [0.25, 0.3) is 0 Å². The summed E-state index contributed by atoms with van der Waals surface area (Å²) < 4.78 is 5.66. The van der Waals surface area contributed by atoms with Crippen LogP contribution in [0, 0.1) is 0 Å². The Morgan fingerprint density at radius 1 is 1.33 bits per heavy atom. The van der Waals surface area contributed by atoms with Crippen molar-refractivity contribution in [3.63, 3.8) is 0 Å². The second-order valence-corrected chi connectivity index (χ2v) is 9.75. The molecule has 58 valence electrons. The van der Waals surface area contributed by atoms with Crippen LogP contribution in [0.3, 0.4) is 0 Å². The molecular formula is C6H20OSi2. The van der Waals surface area contributed by atoms with Crippen molar-refractivity contribution < 1.29 is 4.12 Å². The van der Waals surface area contributed by atoms with Gasteiger partial charge in [0.2, 0.25) is 0 Å². The molecule has 0 heterocycles. The van der Waals surface area contributed by atoms with E-state index in [1.165, 1.54) is 6.04 Å². The van der Waals surface area contributed by atoms with Gasteiger partial charge in [0, 0.05) is 0 Å². The fourth-order valence-electron chi connectivity index (χ4n) is 0.408. The molecule has 0 aromatic carbocycles. The number of hydrogen-bond acceptors (Lipinski definition) is 1. The van der Waals surface area contributed by atoms with Crippen LogP contribution in [0.4, 0.5) is 0 Å². The Labute approximate surface area is 62.9 Å². The van der Waals surface area contributed by atoms with Gasteiger partial charge in [0.25, 0.3) is 0 Å². The summed E-state index contributed by atoms with van der Waals surface area (Å²) in [6.45, 7) is 8.94. The molecule has 0 aliphatic rings. The monoisotopic (exact) mass is 164 g/mol. The van der Waals surface area contributed by atoms with Gasteiger partial charge in [-0.25, -0.2) is 0 Å². The van der Waals surface area contributed by atoms with Crippen molar-refractivity contribution >= 4 is 18.1 Å². The van der Waals surface area contributed by atoms with Crippen LogP contribution in [0.15, 0.2) is 0 Å². The molecule has 9 heavy (non-hydrogen) atoms. The van der Waals surface area contributed by atoms with E-state index in [-0.39, 0.29) is 17.2 Å². The summed E-state index contributed by atoms with van der Waals surface area (Å²) in [6, 6.07) is 1.28. The molecule has 0 aromatic rings. The summed E-state index contributed by atoms with van der Waals surface area (Å²) in [5.74, 6) is 0. The van der Waals surface area contributed by atoms with E-state index in [4.69, 9.17) is 4.12 Å². The molecule has 0 amide bonds. The normalized spacial score (nSPS) is 12.0. The topological polar surface area (TPSA) is 9.23 Å². The van der Waals surface area contributed by atoms with Gasteiger partial charge < -0.3 is 4.12 Å². The summed E-state index contributed by atoms with van der Waals surface area (Å²) in [6.07, 6.45) is 0. The Hall–Kier alpha value is 0.394. The van der Waals surface area contributed by atoms with E-state index >= 15 is 0 Å². The van der Waals surface area contributed by atoms with Gasteiger partial charge >= 0.3 is 0 Å². The van der Waals surface area contributed by atoms with Gasteiger partial charge in [-0.15, -0.1) is 0 Å². The van der Waals surface area contributed by atoms with Crippen LogP contribution in [-0.2, 0) is 4.12 Å². The van der Waals surface area contributed by atoms with Crippen molar-refractivity contribution in [3.8, 4) is 0 Å². The Morgan fingerprint density at radius 2 is 1.78 bits per heavy atom. The van der Waals surface area contributed by atoms with Gasteiger partial charge in [-0.3, -0.25) is 0 Å². The summed E-state index contributed by atoms with van der Waals surface area (Å²) in [4.78, 5) is 0. The van der Waals surface area contributed by atoms with E-state index in [1.807, 2.05) is 0 Å².